The summed E-state index contributed by atoms with van der Waals surface area (Å²) in [4.78, 5) is 24.1. The molecule has 1 aromatic rings. The molecule has 9 nitrogen and oxygen atoms in total. The normalized spacial score (nSPS) is 15.9. The van der Waals surface area contributed by atoms with E-state index in [1.807, 2.05) is 36.0 Å². The van der Waals surface area contributed by atoms with Crippen molar-refractivity contribution >= 4 is 11.4 Å². The number of rotatable bonds is 17. The lowest BCUT2D eigenvalue weighted by molar-refractivity contribution is 0.0805. The molecule has 0 fully saturated rings. The topological polar surface area (TPSA) is 99.3 Å². The Labute approximate surface area is 215 Å². The molecule has 1 heterocycles. The Hall–Kier alpha value is -2.88. The third kappa shape index (κ3) is 11.7. The molecule has 0 bridgehead atoms. The van der Waals surface area contributed by atoms with Crippen LogP contribution in [0.15, 0.2) is 63.7 Å². The van der Waals surface area contributed by atoms with Gasteiger partial charge in [-0.2, -0.15) is 4.91 Å². The van der Waals surface area contributed by atoms with Gasteiger partial charge in [-0.15, -0.1) is 0 Å². The van der Waals surface area contributed by atoms with Crippen LogP contribution in [0.25, 0.3) is 0 Å². The molecule has 0 aromatic heterocycles. The van der Waals surface area contributed by atoms with Crippen molar-refractivity contribution in [3.05, 3.63) is 53.5 Å². The Bertz CT molecular complexity index is 898. The van der Waals surface area contributed by atoms with Crippen molar-refractivity contribution in [2.24, 2.45) is 15.2 Å². The van der Waals surface area contributed by atoms with Crippen molar-refractivity contribution in [2.45, 2.75) is 31.9 Å². The molecule has 1 aromatic carbocycles. The van der Waals surface area contributed by atoms with E-state index in [0.717, 1.165) is 30.8 Å². The van der Waals surface area contributed by atoms with E-state index in [4.69, 9.17) is 9.47 Å². The number of hydrogen-bond donors (Lipinski definition) is 1. The lowest BCUT2D eigenvalue weighted by Gasteiger charge is -2.21. The molecule has 198 valence electrons. The maximum atomic E-state index is 11.3. The third-order valence-electron chi connectivity index (χ3n) is 5.52. The quantitative estimate of drug-likeness (QED) is 0.261. The number of benzene rings is 1. The van der Waals surface area contributed by atoms with Crippen molar-refractivity contribution in [1.29, 1.82) is 0 Å². The molecule has 0 amide bonds. The van der Waals surface area contributed by atoms with E-state index < -0.39 is 12.1 Å². The van der Waals surface area contributed by atoms with Crippen LogP contribution in [0.3, 0.4) is 0 Å². The van der Waals surface area contributed by atoms with Gasteiger partial charge >= 0.3 is 0 Å². The highest BCUT2D eigenvalue weighted by atomic mass is 16.5. The smallest absolute Gasteiger partial charge is 0.138 e. The first-order chi connectivity index (χ1) is 17.4. The van der Waals surface area contributed by atoms with Gasteiger partial charge in [-0.3, -0.25) is 19.8 Å². The van der Waals surface area contributed by atoms with Gasteiger partial charge in [0.15, 0.2) is 0 Å². The lowest BCUT2D eigenvalue weighted by Crippen LogP contribution is -2.36. The maximum absolute atomic E-state index is 11.3. The van der Waals surface area contributed by atoms with Crippen LogP contribution in [0.5, 0.6) is 11.5 Å². The number of aliphatic imine (C=N–C) groups is 2. The number of ether oxygens (including phenoxy) is 2. The highest BCUT2D eigenvalue weighted by Crippen LogP contribution is 2.18. The van der Waals surface area contributed by atoms with E-state index in [1.165, 1.54) is 0 Å². The molecular formula is C27H41N5O4. The summed E-state index contributed by atoms with van der Waals surface area (Å²) in [5.74, 6) is 1.27. The highest BCUT2D eigenvalue weighted by molar-refractivity contribution is 5.97. The molecule has 0 spiro atoms. The minimum absolute atomic E-state index is 0.184. The predicted octanol–water partition coefficient (Wildman–Crippen LogP) is 3.24. The van der Waals surface area contributed by atoms with Gasteiger partial charge in [0.05, 0.1) is 0 Å². The van der Waals surface area contributed by atoms with Gasteiger partial charge < -0.3 is 14.6 Å². The first-order valence-corrected chi connectivity index (χ1v) is 12.5. The highest BCUT2D eigenvalue weighted by Gasteiger charge is 2.15. The largest absolute Gasteiger partial charge is 0.491 e. The summed E-state index contributed by atoms with van der Waals surface area (Å²) in [6.45, 7) is 5.58. The average molecular weight is 500 g/mol. The number of aliphatic hydroxyl groups excluding tert-OH is 1. The van der Waals surface area contributed by atoms with E-state index >= 15 is 0 Å². The number of dihydropyridines is 1. The summed E-state index contributed by atoms with van der Waals surface area (Å²) < 4.78 is 11.5. The summed E-state index contributed by atoms with van der Waals surface area (Å²) in [7, 11) is 5.65. The first kappa shape index (κ1) is 29.4. The summed E-state index contributed by atoms with van der Waals surface area (Å²) in [6.07, 6.45) is 9.56. The number of hydrogen-bond acceptors (Lipinski definition) is 9. The Morgan fingerprint density at radius 2 is 1.83 bits per heavy atom. The van der Waals surface area contributed by atoms with Crippen molar-refractivity contribution < 1.29 is 14.6 Å². The first-order valence-electron chi connectivity index (χ1n) is 12.5. The zero-order valence-electron chi connectivity index (χ0n) is 22.0. The minimum atomic E-state index is -0.619. The van der Waals surface area contributed by atoms with Crippen LogP contribution in [0.1, 0.15) is 19.8 Å². The minimum Gasteiger partial charge on any atom is -0.491 e. The van der Waals surface area contributed by atoms with Gasteiger partial charge in [-0.05, 0) is 63.4 Å². The molecule has 0 saturated heterocycles. The molecule has 2 rings (SSSR count). The second kappa shape index (κ2) is 16.7. The second-order valence-electron chi connectivity index (χ2n) is 8.99. The summed E-state index contributed by atoms with van der Waals surface area (Å²) in [5.41, 5.74) is 1.99. The van der Waals surface area contributed by atoms with Crippen LogP contribution in [0.4, 0.5) is 0 Å². The van der Waals surface area contributed by atoms with E-state index in [0.29, 0.717) is 37.7 Å². The van der Waals surface area contributed by atoms with Gasteiger partial charge in [0.25, 0.3) is 0 Å². The number of nitroso groups, excluding NO2 is 1. The van der Waals surface area contributed by atoms with E-state index in [9.17, 15) is 10.0 Å². The number of likely N-dealkylation sites (N-methyl/N-ethyl adjacent to an activating group) is 2. The molecular weight excluding hydrogens is 458 g/mol. The van der Waals surface area contributed by atoms with Crippen molar-refractivity contribution in [3.8, 4) is 11.5 Å². The lowest BCUT2D eigenvalue weighted by atomic mass is 10.2. The van der Waals surface area contributed by atoms with Crippen molar-refractivity contribution in [2.75, 3.05) is 67.1 Å². The van der Waals surface area contributed by atoms with Gasteiger partial charge in [0.1, 0.15) is 36.9 Å². The fourth-order valence-corrected chi connectivity index (χ4v) is 3.70. The van der Waals surface area contributed by atoms with Crippen LogP contribution in [0, 0.1) is 4.91 Å². The zero-order chi connectivity index (χ0) is 26.2. The third-order valence-corrected chi connectivity index (χ3v) is 5.52. The number of allylic oxidation sites excluding steroid dienone is 1. The maximum Gasteiger partial charge on any atom is 0.138 e. The van der Waals surface area contributed by atoms with Gasteiger partial charge in [-0.1, -0.05) is 24.3 Å². The molecule has 0 aliphatic carbocycles. The van der Waals surface area contributed by atoms with Crippen LogP contribution < -0.4 is 9.47 Å². The standard InChI is InChI=1S/C27H41N5O4/c1-5-6-9-22(28-2)16-31(3)18-24(30-34)20-35-26-11-13-27(14-12-26)36-21-25(33)19-32(4)17-23-10-7-8-15-29-23/h6-7,9-14,24-25,33H,5,8,15-21H2,1-4H3/b9-6-,28-22+/t24?,25-/m0/s1. The predicted molar refractivity (Wildman–Crippen MR) is 147 cm³/mol. The molecule has 0 radical (unpaired) electrons. The van der Waals surface area contributed by atoms with Crippen LogP contribution >= 0.6 is 0 Å². The number of nitrogens with zero attached hydrogens (tertiary/aromatic N) is 5. The summed E-state index contributed by atoms with van der Waals surface area (Å²) in [5, 5.41) is 13.5. The molecule has 1 unspecified atom stereocenters. The van der Waals surface area contributed by atoms with Crippen LogP contribution in [-0.4, -0.2) is 106 Å². The Morgan fingerprint density at radius 3 is 2.42 bits per heavy atom. The van der Waals surface area contributed by atoms with Crippen LogP contribution in [-0.2, 0) is 0 Å². The molecule has 2 atom stereocenters. The molecule has 0 saturated carbocycles. The zero-order valence-corrected chi connectivity index (χ0v) is 22.0. The second-order valence-corrected chi connectivity index (χ2v) is 8.99. The molecule has 1 aliphatic rings. The number of aliphatic hydroxyl groups is 1. The molecule has 1 N–H and O–H groups in total. The van der Waals surface area contributed by atoms with E-state index in [2.05, 4.69) is 34.2 Å². The SMILES string of the molecule is CC/C=C\C(CN(C)CC(COc1ccc(OC[C@@H](O)CN(C)CC2=NCCC=C2)cc1)N=O)=N/C. The monoisotopic (exact) mass is 499 g/mol. The molecule has 36 heavy (non-hydrogen) atoms. The molecule has 9 heteroatoms. The molecule has 1 aliphatic heterocycles. The fourth-order valence-electron chi connectivity index (χ4n) is 3.70. The van der Waals surface area contributed by atoms with Gasteiger partial charge in [-0.25, -0.2) is 0 Å². The summed E-state index contributed by atoms with van der Waals surface area (Å²) >= 11 is 0. The van der Waals surface area contributed by atoms with Crippen molar-refractivity contribution in [1.82, 2.24) is 9.80 Å². The fraction of sp³-hybridized carbons (Fsp3) is 0.556. The van der Waals surface area contributed by atoms with Crippen LogP contribution in [0.2, 0.25) is 0 Å². The Kier molecular flexibility index (Phi) is 13.6. The summed E-state index contributed by atoms with van der Waals surface area (Å²) in [6, 6.07) is 6.63. The Balaban J connectivity index is 1.71. The van der Waals surface area contributed by atoms with Gasteiger partial charge in [0, 0.05) is 51.2 Å². The average Bonchev–Trinajstić information content (AvgIpc) is 2.88. The van der Waals surface area contributed by atoms with Crippen molar-refractivity contribution in [3.63, 3.8) is 0 Å². The van der Waals surface area contributed by atoms with E-state index in [1.54, 1.807) is 31.3 Å². The van der Waals surface area contributed by atoms with E-state index in [-0.39, 0.29) is 13.2 Å². The Morgan fingerprint density at radius 1 is 1.14 bits per heavy atom. The van der Waals surface area contributed by atoms with Gasteiger partial charge in [0.2, 0.25) is 0 Å².